The number of piperazine rings is 1. The van der Waals surface area contributed by atoms with E-state index in [0.717, 1.165) is 43.1 Å². The Labute approximate surface area is 176 Å². The summed E-state index contributed by atoms with van der Waals surface area (Å²) in [6.07, 6.45) is 4.39. The van der Waals surface area contributed by atoms with Gasteiger partial charge < -0.3 is 20.4 Å². The van der Waals surface area contributed by atoms with Gasteiger partial charge in [0, 0.05) is 37.8 Å². The van der Waals surface area contributed by atoms with Crippen molar-refractivity contribution >= 4 is 33.8 Å². The van der Waals surface area contributed by atoms with Gasteiger partial charge in [-0.25, -0.2) is 24.9 Å². The van der Waals surface area contributed by atoms with Crippen LogP contribution in [0.25, 0.3) is 39.2 Å². The summed E-state index contributed by atoms with van der Waals surface area (Å²) >= 11 is 0. The molecule has 0 radical (unpaired) electrons. The first-order valence-corrected chi connectivity index (χ1v) is 9.89. The first-order valence-electron chi connectivity index (χ1n) is 9.89. The van der Waals surface area contributed by atoms with Crippen LogP contribution in [0, 0.1) is 0 Å². The number of nitrogens with two attached hydrogens (primary N) is 1. The third-order valence-electron chi connectivity index (χ3n) is 5.39. The standard InChI is InChI=1S/C20H18N10O/c21-19-17-18(12-1-2-14-13(7-12)27-11-31-14)28-30(20(17)26-10-25-19)16-8-15(23-9-24-16)29-5-3-22-4-6-29/h1-2,7-11,22H,3-6H2,(H2,21,25,26). The number of nitrogens with one attached hydrogen (secondary N) is 1. The van der Waals surface area contributed by atoms with Crippen molar-refractivity contribution in [2.45, 2.75) is 0 Å². The second-order valence-corrected chi connectivity index (χ2v) is 7.22. The predicted molar refractivity (Wildman–Crippen MR) is 115 cm³/mol. The molecule has 0 bridgehead atoms. The van der Waals surface area contributed by atoms with Gasteiger partial charge in [0.05, 0.1) is 5.39 Å². The Kier molecular flexibility index (Phi) is 3.99. The lowest BCUT2D eigenvalue weighted by atomic mass is 10.1. The molecule has 1 aliphatic heterocycles. The van der Waals surface area contributed by atoms with Gasteiger partial charge in [-0.1, -0.05) is 0 Å². The molecule has 5 heterocycles. The number of hydrogen-bond acceptors (Lipinski definition) is 10. The molecule has 0 amide bonds. The summed E-state index contributed by atoms with van der Waals surface area (Å²) in [7, 11) is 0. The van der Waals surface area contributed by atoms with E-state index in [1.54, 1.807) is 11.0 Å². The summed E-state index contributed by atoms with van der Waals surface area (Å²) in [4.78, 5) is 24.0. The second kappa shape index (κ2) is 6.99. The Morgan fingerprint density at radius 2 is 1.77 bits per heavy atom. The number of aromatic nitrogens is 7. The quantitative estimate of drug-likeness (QED) is 0.446. The van der Waals surface area contributed by atoms with E-state index in [-0.39, 0.29) is 0 Å². The molecule has 6 rings (SSSR count). The Balaban J connectivity index is 1.52. The van der Waals surface area contributed by atoms with Crippen LogP contribution in [0.1, 0.15) is 0 Å². The maximum Gasteiger partial charge on any atom is 0.181 e. The normalized spacial score (nSPS) is 14.5. The molecule has 1 aromatic carbocycles. The Hall–Kier alpha value is -4.12. The maximum atomic E-state index is 6.24. The zero-order valence-corrected chi connectivity index (χ0v) is 16.4. The van der Waals surface area contributed by atoms with Crippen molar-refractivity contribution in [3.63, 3.8) is 0 Å². The van der Waals surface area contributed by atoms with E-state index in [9.17, 15) is 0 Å². The molecule has 1 fully saturated rings. The molecule has 31 heavy (non-hydrogen) atoms. The first kappa shape index (κ1) is 17.7. The van der Waals surface area contributed by atoms with Crippen molar-refractivity contribution in [3.05, 3.63) is 43.3 Å². The number of hydrogen-bond donors (Lipinski definition) is 2. The molecule has 1 aliphatic rings. The maximum absolute atomic E-state index is 6.24. The summed E-state index contributed by atoms with van der Waals surface area (Å²) < 4.78 is 7.04. The number of fused-ring (bicyclic) bond motifs is 2. The number of anilines is 2. The molecule has 5 aromatic rings. The van der Waals surface area contributed by atoms with E-state index < -0.39 is 0 Å². The third kappa shape index (κ3) is 2.94. The van der Waals surface area contributed by atoms with Gasteiger partial charge in [0.25, 0.3) is 0 Å². The van der Waals surface area contributed by atoms with Crippen LogP contribution in [0.5, 0.6) is 0 Å². The van der Waals surface area contributed by atoms with E-state index in [2.05, 4.69) is 35.1 Å². The monoisotopic (exact) mass is 414 g/mol. The summed E-state index contributed by atoms with van der Waals surface area (Å²) in [5.41, 5.74) is 9.74. The zero-order valence-electron chi connectivity index (χ0n) is 16.4. The van der Waals surface area contributed by atoms with Gasteiger partial charge in [0.2, 0.25) is 0 Å². The van der Waals surface area contributed by atoms with Gasteiger partial charge in [0.1, 0.15) is 35.5 Å². The number of benzene rings is 1. The van der Waals surface area contributed by atoms with Crippen molar-refractivity contribution in [2.24, 2.45) is 0 Å². The highest BCUT2D eigenvalue weighted by molar-refractivity contribution is 6.00. The average molecular weight is 414 g/mol. The van der Waals surface area contributed by atoms with E-state index in [1.165, 1.54) is 12.7 Å². The van der Waals surface area contributed by atoms with Gasteiger partial charge in [-0.3, -0.25) is 0 Å². The minimum absolute atomic E-state index is 0.350. The molecule has 154 valence electrons. The number of nitrogens with zero attached hydrogens (tertiary/aromatic N) is 8. The lowest BCUT2D eigenvalue weighted by Crippen LogP contribution is -2.43. The largest absolute Gasteiger partial charge is 0.443 e. The van der Waals surface area contributed by atoms with Crippen LogP contribution in [0.2, 0.25) is 0 Å². The highest BCUT2D eigenvalue weighted by Crippen LogP contribution is 2.33. The van der Waals surface area contributed by atoms with Crippen molar-refractivity contribution in [1.29, 1.82) is 0 Å². The van der Waals surface area contributed by atoms with Gasteiger partial charge in [0.15, 0.2) is 23.4 Å². The molecule has 11 nitrogen and oxygen atoms in total. The fraction of sp³-hybridized carbons (Fsp3) is 0.200. The lowest BCUT2D eigenvalue weighted by Gasteiger charge is -2.28. The van der Waals surface area contributed by atoms with E-state index in [1.807, 2.05) is 24.3 Å². The molecule has 1 saturated heterocycles. The molecular weight excluding hydrogens is 396 g/mol. The fourth-order valence-electron chi connectivity index (χ4n) is 3.86. The van der Waals surface area contributed by atoms with Gasteiger partial charge in [-0.05, 0) is 18.2 Å². The minimum Gasteiger partial charge on any atom is -0.443 e. The highest BCUT2D eigenvalue weighted by Gasteiger charge is 2.20. The van der Waals surface area contributed by atoms with Crippen molar-refractivity contribution in [3.8, 4) is 17.1 Å². The predicted octanol–water partition coefficient (Wildman–Crippen LogP) is 1.41. The SMILES string of the molecule is Nc1ncnc2c1c(-c1ccc3ocnc3c1)nn2-c1cc(N2CCNCC2)ncn1. The molecule has 0 aliphatic carbocycles. The van der Waals surface area contributed by atoms with Crippen LogP contribution in [-0.4, -0.2) is 60.9 Å². The van der Waals surface area contributed by atoms with Crippen LogP contribution in [0.4, 0.5) is 11.6 Å². The van der Waals surface area contributed by atoms with E-state index in [0.29, 0.717) is 33.9 Å². The zero-order chi connectivity index (χ0) is 20.8. The summed E-state index contributed by atoms with van der Waals surface area (Å²) in [5, 5.41) is 8.83. The number of nitrogen functional groups attached to an aromatic ring is 1. The van der Waals surface area contributed by atoms with Crippen LogP contribution in [0.3, 0.4) is 0 Å². The smallest absolute Gasteiger partial charge is 0.181 e. The van der Waals surface area contributed by atoms with E-state index in [4.69, 9.17) is 15.2 Å². The molecule has 0 unspecified atom stereocenters. The average Bonchev–Trinajstić information content (AvgIpc) is 3.45. The van der Waals surface area contributed by atoms with Crippen molar-refractivity contribution < 1.29 is 4.42 Å². The fourth-order valence-corrected chi connectivity index (χ4v) is 3.86. The summed E-state index contributed by atoms with van der Waals surface area (Å²) in [6, 6.07) is 7.60. The van der Waals surface area contributed by atoms with Crippen LogP contribution in [0.15, 0.2) is 47.7 Å². The molecule has 3 N–H and O–H groups in total. The highest BCUT2D eigenvalue weighted by atomic mass is 16.3. The number of oxazole rings is 1. The van der Waals surface area contributed by atoms with Crippen LogP contribution in [-0.2, 0) is 0 Å². The lowest BCUT2D eigenvalue weighted by molar-refractivity contribution is 0.584. The summed E-state index contributed by atoms with van der Waals surface area (Å²) in [6.45, 7) is 3.60. The summed E-state index contributed by atoms with van der Waals surface area (Å²) in [5.74, 6) is 1.81. The van der Waals surface area contributed by atoms with E-state index >= 15 is 0 Å². The molecule has 4 aromatic heterocycles. The molecule has 11 heteroatoms. The Morgan fingerprint density at radius 1 is 0.935 bits per heavy atom. The molecular formula is C20H18N10O. The van der Waals surface area contributed by atoms with Crippen LogP contribution < -0.4 is 16.0 Å². The van der Waals surface area contributed by atoms with Gasteiger partial charge in [-0.15, -0.1) is 0 Å². The van der Waals surface area contributed by atoms with Crippen LogP contribution >= 0.6 is 0 Å². The molecule has 0 atom stereocenters. The van der Waals surface area contributed by atoms with Gasteiger partial charge >= 0.3 is 0 Å². The van der Waals surface area contributed by atoms with Gasteiger partial charge in [-0.2, -0.15) is 9.78 Å². The molecule has 0 spiro atoms. The Morgan fingerprint density at radius 3 is 2.68 bits per heavy atom. The van der Waals surface area contributed by atoms with Crippen molar-refractivity contribution in [2.75, 3.05) is 36.8 Å². The van der Waals surface area contributed by atoms with Crippen molar-refractivity contribution in [1.82, 2.24) is 40.0 Å². The first-order chi connectivity index (χ1) is 15.3. The second-order valence-electron chi connectivity index (χ2n) is 7.22. The third-order valence-corrected chi connectivity index (χ3v) is 5.39. The molecule has 0 saturated carbocycles. The Bertz CT molecular complexity index is 1400. The number of rotatable bonds is 3. The minimum atomic E-state index is 0.350. The topological polar surface area (TPSA) is 137 Å².